The second-order valence-electron chi connectivity index (χ2n) is 4.16. The van der Waals surface area contributed by atoms with Gasteiger partial charge in [0.05, 0.1) is 0 Å². The van der Waals surface area contributed by atoms with Crippen LogP contribution in [0.5, 0.6) is 0 Å². The van der Waals surface area contributed by atoms with Gasteiger partial charge in [-0.05, 0) is 29.8 Å². The lowest BCUT2D eigenvalue weighted by Gasteiger charge is -2.02. The molecule has 0 unspecified atom stereocenters. The minimum Gasteiger partial charge on any atom is -0.382 e. The number of halogens is 1. The maximum absolute atomic E-state index is 12.0. The molecule has 0 amide bonds. The van der Waals surface area contributed by atoms with Crippen LogP contribution >= 0.6 is 0 Å². The molecule has 96 valence electrons. The topological polar surface area (TPSA) is 12.0 Å². The molecule has 0 aliphatic heterocycles. The Balaban J connectivity index is 1.93. The van der Waals surface area contributed by atoms with Crippen LogP contribution in [-0.4, -0.2) is 13.2 Å². The molecule has 0 saturated heterocycles. The van der Waals surface area contributed by atoms with Crippen molar-refractivity contribution in [2.45, 2.75) is 6.42 Å². The average molecular weight is 253 g/mol. The van der Waals surface area contributed by atoms with E-state index in [4.69, 9.17) is 0 Å². The van der Waals surface area contributed by atoms with E-state index >= 15 is 0 Å². The predicted molar refractivity (Wildman–Crippen MR) is 77.9 cm³/mol. The largest absolute Gasteiger partial charge is 0.382 e. The summed E-state index contributed by atoms with van der Waals surface area (Å²) in [6.07, 6.45) is 0.753. The number of alkyl halides is 1. The van der Waals surface area contributed by atoms with E-state index in [-0.39, 0.29) is 6.67 Å². The molecule has 0 bridgehead atoms. The van der Waals surface area contributed by atoms with Crippen molar-refractivity contribution in [1.82, 2.24) is 0 Å². The summed E-state index contributed by atoms with van der Waals surface area (Å²) in [5.41, 5.74) is 3.12. The van der Waals surface area contributed by atoms with Crippen molar-refractivity contribution in [2.24, 2.45) is 0 Å². The van der Waals surface area contributed by atoms with E-state index in [2.05, 4.69) is 29.3 Å². The summed E-state index contributed by atoms with van der Waals surface area (Å²) in [7, 11) is 0. The zero-order chi connectivity index (χ0) is 13.3. The van der Waals surface area contributed by atoms with Crippen molar-refractivity contribution in [3.8, 4) is 11.8 Å². The van der Waals surface area contributed by atoms with Gasteiger partial charge in [-0.25, -0.2) is 4.39 Å². The third-order valence-corrected chi connectivity index (χ3v) is 2.68. The van der Waals surface area contributed by atoms with Gasteiger partial charge in [0.2, 0.25) is 0 Å². The van der Waals surface area contributed by atoms with Crippen LogP contribution in [0.15, 0.2) is 54.6 Å². The first-order valence-corrected chi connectivity index (χ1v) is 6.31. The Hall–Kier alpha value is -2.27. The number of benzene rings is 2. The Morgan fingerprint density at radius 1 is 0.947 bits per heavy atom. The van der Waals surface area contributed by atoms with E-state index in [0.717, 1.165) is 17.7 Å². The summed E-state index contributed by atoms with van der Waals surface area (Å²) in [4.78, 5) is 0. The maximum Gasteiger partial charge on any atom is 0.107 e. The van der Waals surface area contributed by atoms with Gasteiger partial charge >= 0.3 is 0 Å². The Bertz CT molecular complexity index is 549. The molecule has 1 N–H and O–H groups in total. The Labute approximate surface area is 113 Å². The Morgan fingerprint density at radius 2 is 1.68 bits per heavy atom. The SMILES string of the molecule is FCCNc1ccc(C#CCc2ccccc2)cc1. The molecule has 0 saturated carbocycles. The minimum atomic E-state index is -0.362. The highest BCUT2D eigenvalue weighted by Crippen LogP contribution is 2.08. The molecule has 0 aliphatic carbocycles. The van der Waals surface area contributed by atoms with Crippen molar-refractivity contribution < 1.29 is 4.39 Å². The third-order valence-electron chi connectivity index (χ3n) is 2.68. The molecule has 0 heterocycles. The van der Waals surface area contributed by atoms with E-state index in [1.54, 1.807) is 0 Å². The van der Waals surface area contributed by atoms with Crippen LogP contribution in [0.3, 0.4) is 0 Å². The van der Waals surface area contributed by atoms with Crippen LogP contribution in [-0.2, 0) is 6.42 Å². The average Bonchev–Trinajstić information content (AvgIpc) is 2.47. The molecule has 2 heteroatoms. The van der Waals surface area contributed by atoms with Crippen LogP contribution in [0.4, 0.5) is 10.1 Å². The highest BCUT2D eigenvalue weighted by molar-refractivity contribution is 5.48. The van der Waals surface area contributed by atoms with Crippen molar-refractivity contribution in [3.05, 3.63) is 65.7 Å². The minimum absolute atomic E-state index is 0.346. The molecule has 0 aliphatic rings. The second-order valence-corrected chi connectivity index (χ2v) is 4.16. The van der Waals surface area contributed by atoms with Crippen LogP contribution in [0, 0.1) is 11.8 Å². The third kappa shape index (κ3) is 4.48. The van der Waals surface area contributed by atoms with Gasteiger partial charge in [0.15, 0.2) is 0 Å². The summed E-state index contributed by atoms with van der Waals surface area (Å²) in [5.74, 6) is 6.27. The van der Waals surface area contributed by atoms with E-state index in [1.165, 1.54) is 5.56 Å². The summed E-state index contributed by atoms with van der Waals surface area (Å²) < 4.78 is 12.0. The monoisotopic (exact) mass is 253 g/mol. The molecule has 0 aromatic heterocycles. The first-order chi connectivity index (χ1) is 9.38. The quantitative estimate of drug-likeness (QED) is 0.820. The Kier molecular flexibility index (Phi) is 5.01. The molecule has 0 radical (unpaired) electrons. The molecule has 2 rings (SSSR count). The molecular weight excluding hydrogens is 237 g/mol. The lowest BCUT2D eigenvalue weighted by Crippen LogP contribution is -2.02. The molecule has 0 spiro atoms. The van der Waals surface area contributed by atoms with E-state index in [9.17, 15) is 4.39 Å². The number of rotatable bonds is 4. The fourth-order valence-electron chi connectivity index (χ4n) is 1.71. The standard InChI is InChI=1S/C17H16FN/c18-13-14-19-17-11-9-16(10-12-17)8-4-7-15-5-2-1-3-6-15/h1-3,5-6,9-12,19H,7,13-14H2. The van der Waals surface area contributed by atoms with Crippen molar-refractivity contribution in [1.29, 1.82) is 0 Å². The first-order valence-electron chi connectivity index (χ1n) is 6.31. The van der Waals surface area contributed by atoms with Gasteiger partial charge in [-0.15, -0.1) is 0 Å². The predicted octanol–water partition coefficient (Wildman–Crippen LogP) is 3.66. The van der Waals surface area contributed by atoms with Gasteiger partial charge in [0.1, 0.15) is 6.67 Å². The number of anilines is 1. The summed E-state index contributed by atoms with van der Waals surface area (Å²) >= 11 is 0. The van der Waals surface area contributed by atoms with E-state index in [0.29, 0.717) is 6.54 Å². The van der Waals surface area contributed by atoms with Gasteiger partial charge in [-0.3, -0.25) is 0 Å². The van der Waals surface area contributed by atoms with Crippen LogP contribution in [0.2, 0.25) is 0 Å². The van der Waals surface area contributed by atoms with E-state index in [1.807, 2.05) is 42.5 Å². The number of hydrogen-bond donors (Lipinski definition) is 1. The molecule has 0 fully saturated rings. The summed E-state index contributed by atoms with van der Waals surface area (Å²) in [5, 5.41) is 2.98. The zero-order valence-electron chi connectivity index (χ0n) is 10.7. The maximum atomic E-state index is 12.0. The molecular formula is C17H16FN. The Morgan fingerprint density at radius 3 is 2.37 bits per heavy atom. The summed E-state index contributed by atoms with van der Waals surface area (Å²) in [6, 6.07) is 17.9. The molecule has 0 atom stereocenters. The van der Waals surface area contributed by atoms with Gasteiger partial charge in [0.25, 0.3) is 0 Å². The fourth-order valence-corrected chi connectivity index (χ4v) is 1.71. The van der Waals surface area contributed by atoms with E-state index < -0.39 is 0 Å². The lowest BCUT2D eigenvalue weighted by atomic mass is 10.1. The van der Waals surface area contributed by atoms with Crippen molar-refractivity contribution >= 4 is 5.69 Å². The van der Waals surface area contributed by atoms with Crippen LogP contribution in [0.25, 0.3) is 0 Å². The molecule has 1 nitrogen and oxygen atoms in total. The normalized spacial score (nSPS) is 9.53. The first kappa shape index (κ1) is 13.2. The van der Waals surface area contributed by atoms with Crippen LogP contribution < -0.4 is 5.32 Å². The smallest absolute Gasteiger partial charge is 0.107 e. The molecule has 19 heavy (non-hydrogen) atoms. The molecule has 2 aromatic carbocycles. The van der Waals surface area contributed by atoms with Gasteiger partial charge in [-0.1, -0.05) is 42.2 Å². The van der Waals surface area contributed by atoms with Crippen LogP contribution in [0.1, 0.15) is 11.1 Å². The molecule has 2 aromatic rings. The van der Waals surface area contributed by atoms with Gasteiger partial charge < -0.3 is 5.32 Å². The highest BCUT2D eigenvalue weighted by Gasteiger charge is 1.91. The number of hydrogen-bond acceptors (Lipinski definition) is 1. The van der Waals surface area contributed by atoms with Crippen molar-refractivity contribution in [2.75, 3.05) is 18.5 Å². The zero-order valence-corrected chi connectivity index (χ0v) is 10.7. The van der Waals surface area contributed by atoms with Gasteiger partial charge in [0, 0.05) is 24.2 Å². The lowest BCUT2D eigenvalue weighted by molar-refractivity contribution is 0.513. The summed E-state index contributed by atoms with van der Waals surface area (Å²) in [6.45, 7) is -0.0162. The number of nitrogens with one attached hydrogen (secondary N) is 1. The highest BCUT2D eigenvalue weighted by atomic mass is 19.1. The second kappa shape index (κ2) is 7.23. The fraction of sp³-hybridized carbons (Fsp3) is 0.176. The van der Waals surface area contributed by atoms with Gasteiger partial charge in [-0.2, -0.15) is 0 Å². The van der Waals surface area contributed by atoms with Crippen molar-refractivity contribution in [3.63, 3.8) is 0 Å².